The van der Waals surface area contributed by atoms with E-state index in [1.165, 1.54) is 5.56 Å². The molecule has 0 atom stereocenters. The minimum Gasteiger partial charge on any atom is -0.356 e. The summed E-state index contributed by atoms with van der Waals surface area (Å²) in [4.78, 5) is 11.9. The van der Waals surface area contributed by atoms with E-state index in [4.69, 9.17) is 0 Å². The Balaban J connectivity index is 1.61. The first-order valence-electron chi connectivity index (χ1n) is 6.88. The van der Waals surface area contributed by atoms with Gasteiger partial charge in [-0.2, -0.15) is 0 Å². The number of carbonyl (C=O) groups excluding carboxylic acids is 1. The Morgan fingerprint density at radius 3 is 2.67 bits per heavy atom. The minimum absolute atomic E-state index is 0.225. The zero-order valence-corrected chi connectivity index (χ0v) is 10.8. The second kappa shape index (κ2) is 7.17. The Labute approximate surface area is 109 Å². The smallest absolute Gasteiger partial charge is 0.223 e. The molecular weight excluding hydrogens is 224 g/mol. The number of hydrogen-bond acceptors (Lipinski definition) is 2. The summed E-state index contributed by atoms with van der Waals surface area (Å²) in [7, 11) is 0. The molecule has 1 aromatic rings. The van der Waals surface area contributed by atoms with Crippen molar-refractivity contribution in [2.24, 2.45) is 5.92 Å². The van der Waals surface area contributed by atoms with E-state index in [0.29, 0.717) is 0 Å². The first kappa shape index (κ1) is 13.1. The van der Waals surface area contributed by atoms with Crippen molar-refractivity contribution in [2.45, 2.75) is 25.7 Å². The van der Waals surface area contributed by atoms with Gasteiger partial charge in [0.05, 0.1) is 0 Å². The van der Waals surface area contributed by atoms with Crippen molar-refractivity contribution in [3.05, 3.63) is 35.9 Å². The Morgan fingerprint density at radius 2 is 1.94 bits per heavy atom. The molecule has 2 rings (SSSR count). The molecule has 1 saturated heterocycles. The van der Waals surface area contributed by atoms with Crippen LogP contribution in [-0.4, -0.2) is 25.5 Å². The fourth-order valence-corrected chi connectivity index (χ4v) is 2.38. The summed E-state index contributed by atoms with van der Waals surface area (Å²) in [6.07, 6.45) is 4.00. The van der Waals surface area contributed by atoms with Crippen molar-refractivity contribution >= 4 is 5.91 Å². The Kier molecular flexibility index (Phi) is 5.21. The van der Waals surface area contributed by atoms with Crippen LogP contribution in [0.2, 0.25) is 0 Å². The molecule has 2 N–H and O–H groups in total. The van der Waals surface area contributed by atoms with Crippen LogP contribution in [0, 0.1) is 5.92 Å². The van der Waals surface area contributed by atoms with Gasteiger partial charge in [0.2, 0.25) is 5.91 Å². The number of piperidine rings is 1. The lowest BCUT2D eigenvalue weighted by Gasteiger charge is -2.21. The van der Waals surface area contributed by atoms with Crippen LogP contribution in [-0.2, 0) is 11.2 Å². The van der Waals surface area contributed by atoms with Crippen molar-refractivity contribution in [2.75, 3.05) is 19.6 Å². The zero-order chi connectivity index (χ0) is 12.6. The number of hydrogen-bond donors (Lipinski definition) is 2. The van der Waals surface area contributed by atoms with Crippen molar-refractivity contribution in [3.63, 3.8) is 0 Å². The molecule has 0 aromatic heterocycles. The molecule has 0 radical (unpaired) electrons. The third kappa shape index (κ3) is 4.15. The summed E-state index contributed by atoms with van der Waals surface area (Å²) < 4.78 is 0. The third-order valence-electron chi connectivity index (χ3n) is 3.49. The first-order chi connectivity index (χ1) is 8.86. The van der Waals surface area contributed by atoms with Gasteiger partial charge in [-0.05, 0) is 44.3 Å². The van der Waals surface area contributed by atoms with E-state index < -0.39 is 0 Å². The maximum atomic E-state index is 11.9. The van der Waals surface area contributed by atoms with Gasteiger partial charge < -0.3 is 10.6 Å². The molecule has 3 nitrogen and oxygen atoms in total. The molecule has 0 spiro atoms. The van der Waals surface area contributed by atoms with Crippen LogP contribution in [0.1, 0.15) is 24.8 Å². The zero-order valence-electron chi connectivity index (χ0n) is 10.8. The van der Waals surface area contributed by atoms with Crippen molar-refractivity contribution < 1.29 is 4.79 Å². The maximum Gasteiger partial charge on any atom is 0.223 e. The fraction of sp³-hybridized carbons (Fsp3) is 0.533. The molecule has 0 saturated carbocycles. The highest BCUT2D eigenvalue weighted by Gasteiger charge is 2.19. The van der Waals surface area contributed by atoms with Crippen LogP contribution in [0.25, 0.3) is 0 Å². The number of rotatable bonds is 5. The number of carbonyl (C=O) groups is 1. The van der Waals surface area contributed by atoms with E-state index in [9.17, 15) is 4.79 Å². The molecule has 0 aliphatic carbocycles. The Morgan fingerprint density at radius 1 is 1.22 bits per heavy atom. The summed E-state index contributed by atoms with van der Waals surface area (Å²) in [5.41, 5.74) is 1.34. The van der Waals surface area contributed by atoms with Crippen LogP contribution in [0.3, 0.4) is 0 Å². The minimum atomic E-state index is 0.225. The normalized spacial score (nSPS) is 16.4. The molecule has 1 heterocycles. The monoisotopic (exact) mass is 246 g/mol. The quantitative estimate of drug-likeness (QED) is 0.777. The van der Waals surface area contributed by atoms with Gasteiger partial charge in [0, 0.05) is 12.5 Å². The number of benzene rings is 1. The number of aryl methyl sites for hydroxylation is 1. The van der Waals surface area contributed by atoms with Gasteiger partial charge in [0.15, 0.2) is 0 Å². The average Bonchev–Trinajstić information content (AvgIpc) is 2.45. The summed E-state index contributed by atoms with van der Waals surface area (Å²) in [5.74, 6) is 0.465. The average molecular weight is 246 g/mol. The van der Waals surface area contributed by atoms with E-state index in [1.54, 1.807) is 0 Å². The SMILES string of the molecule is O=C(NCCCc1ccccc1)C1CCNCC1. The molecule has 1 aliphatic heterocycles. The highest BCUT2D eigenvalue weighted by molar-refractivity contribution is 5.78. The van der Waals surface area contributed by atoms with Crippen molar-refractivity contribution in [3.8, 4) is 0 Å². The highest BCUT2D eigenvalue weighted by Crippen LogP contribution is 2.11. The molecule has 1 fully saturated rings. The number of nitrogens with one attached hydrogen (secondary N) is 2. The standard InChI is InChI=1S/C15H22N2O/c18-15(14-8-11-16-12-9-14)17-10-4-7-13-5-2-1-3-6-13/h1-3,5-6,14,16H,4,7-12H2,(H,17,18). The summed E-state index contributed by atoms with van der Waals surface area (Å²) in [6.45, 7) is 2.74. The molecule has 1 aliphatic rings. The Bertz CT molecular complexity index is 358. The summed E-state index contributed by atoms with van der Waals surface area (Å²) in [5, 5.41) is 6.33. The molecule has 3 heteroatoms. The van der Waals surface area contributed by atoms with E-state index in [1.807, 2.05) is 6.07 Å². The molecule has 0 bridgehead atoms. The van der Waals surface area contributed by atoms with Gasteiger partial charge in [-0.25, -0.2) is 0 Å². The van der Waals surface area contributed by atoms with Crippen LogP contribution in [0.15, 0.2) is 30.3 Å². The predicted molar refractivity (Wildman–Crippen MR) is 73.4 cm³/mol. The molecule has 1 aromatic carbocycles. The molecule has 98 valence electrons. The first-order valence-corrected chi connectivity index (χ1v) is 6.88. The van der Waals surface area contributed by atoms with Gasteiger partial charge in [0.1, 0.15) is 0 Å². The van der Waals surface area contributed by atoms with Crippen LogP contribution in [0.4, 0.5) is 0 Å². The second-order valence-corrected chi connectivity index (χ2v) is 4.90. The lowest BCUT2D eigenvalue weighted by Crippen LogP contribution is -2.38. The van der Waals surface area contributed by atoms with Gasteiger partial charge in [0.25, 0.3) is 0 Å². The largest absolute Gasteiger partial charge is 0.356 e. The third-order valence-corrected chi connectivity index (χ3v) is 3.49. The van der Waals surface area contributed by atoms with E-state index >= 15 is 0 Å². The van der Waals surface area contributed by atoms with Gasteiger partial charge in [-0.1, -0.05) is 30.3 Å². The predicted octanol–water partition coefficient (Wildman–Crippen LogP) is 1.73. The Hall–Kier alpha value is -1.35. The number of amides is 1. The topological polar surface area (TPSA) is 41.1 Å². The molecule has 0 unspecified atom stereocenters. The van der Waals surface area contributed by atoms with Gasteiger partial charge in [-0.3, -0.25) is 4.79 Å². The van der Waals surface area contributed by atoms with Gasteiger partial charge in [-0.15, -0.1) is 0 Å². The maximum absolute atomic E-state index is 11.9. The van der Waals surface area contributed by atoms with Crippen molar-refractivity contribution in [1.29, 1.82) is 0 Å². The lowest BCUT2D eigenvalue weighted by atomic mass is 9.97. The molecular formula is C15H22N2O. The lowest BCUT2D eigenvalue weighted by molar-refractivity contribution is -0.125. The van der Waals surface area contributed by atoms with Gasteiger partial charge >= 0.3 is 0 Å². The second-order valence-electron chi connectivity index (χ2n) is 4.90. The van der Waals surface area contributed by atoms with Crippen LogP contribution >= 0.6 is 0 Å². The molecule has 18 heavy (non-hydrogen) atoms. The van der Waals surface area contributed by atoms with E-state index in [2.05, 4.69) is 34.9 Å². The summed E-state index contributed by atoms with van der Waals surface area (Å²) in [6, 6.07) is 10.4. The molecule has 1 amide bonds. The highest BCUT2D eigenvalue weighted by atomic mass is 16.1. The van der Waals surface area contributed by atoms with E-state index in [0.717, 1.165) is 45.3 Å². The van der Waals surface area contributed by atoms with Crippen molar-refractivity contribution in [1.82, 2.24) is 10.6 Å². The van der Waals surface area contributed by atoms with E-state index in [-0.39, 0.29) is 11.8 Å². The van der Waals surface area contributed by atoms with Crippen LogP contribution in [0.5, 0.6) is 0 Å². The van der Waals surface area contributed by atoms with Crippen LogP contribution < -0.4 is 10.6 Å². The fourth-order valence-electron chi connectivity index (χ4n) is 2.38. The summed E-state index contributed by atoms with van der Waals surface area (Å²) >= 11 is 0.